The van der Waals surface area contributed by atoms with Crippen LogP contribution >= 0.6 is 15.9 Å². The summed E-state index contributed by atoms with van der Waals surface area (Å²) in [7, 11) is 4.39. The van der Waals surface area contributed by atoms with E-state index in [1.54, 1.807) is 0 Å². The van der Waals surface area contributed by atoms with E-state index >= 15 is 0 Å². The lowest BCUT2D eigenvalue weighted by Gasteiger charge is -2.49. The molecule has 1 aromatic heterocycles. The second-order valence-electron chi connectivity index (χ2n) is 8.96. The number of H-pyrrole nitrogens is 1. The first kappa shape index (κ1) is 19.5. The number of halogens is 1. The Morgan fingerprint density at radius 1 is 1.24 bits per heavy atom. The zero-order chi connectivity index (χ0) is 20.1. The SMILES string of the molecule is CN1CCN(C(OC=O)C2C[C@@H]3c4cccc5[nH]c(Br)c(c45)C[C@H]3N(C)C2)CC1. The summed E-state index contributed by atoms with van der Waals surface area (Å²) >= 11 is 3.74. The second kappa shape index (κ2) is 7.69. The standard InChI is InChI=1S/C22H29BrN4O2/c1-25-6-8-27(9-7-25)22(29-13-28)14-10-16-15-4-3-5-18-20(15)17(21(23)24-18)11-19(16)26(2)12-14/h3-5,13-14,16,19,22,24H,6-12H2,1-2H3/t14?,16-,19-,22?/m1/s1. The maximum Gasteiger partial charge on any atom is 0.294 e. The van der Waals surface area contributed by atoms with E-state index in [2.05, 4.69) is 67.9 Å². The Balaban J connectivity index is 1.47. The van der Waals surface area contributed by atoms with Crippen LogP contribution in [0.25, 0.3) is 10.9 Å². The van der Waals surface area contributed by atoms with E-state index in [0.29, 0.717) is 24.3 Å². The molecule has 7 heteroatoms. The largest absolute Gasteiger partial charge is 0.448 e. The molecule has 3 heterocycles. The second-order valence-corrected chi connectivity index (χ2v) is 9.76. The van der Waals surface area contributed by atoms with Gasteiger partial charge in [-0.25, -0.2) is 0 Å². The van der Waals surface area contributed by atoms with Crippen LogP contribution in [0, 0.1) is 5.92 Å². The van der Waals surface area contributed by atoms with Crippen molar-refractivity contribution in [3.05, 3.63) is 33.9 Å². The van der Waals surface area contributed by atoms with Crippen molar-refractivity contribution in [2.75, 3.05) is 46.8 Å². The number of piperidine rings is 1. The highest BCUT2D eigenvalue weighted by molar-refractivity contribution is 9.10. The number of nitrogens with one attached hydrogen (secondary N) is 1. The molecule has 2 unspecified atom stereocenters. The van der Waals surface area contributed by atoms with Gasteiger partial charge in [0, 0.05) is 61.5 Å². The first-order valence-electron chi connectivity index (χ1n) is 10.6. The minimum atomic E-state index is -0.136. The lowest BCUT2D eigenvalue weighted by Crippen LogP contribution is -2.57. The molecule has 0 bridgehead atoms. The number of ether oxygens (including phenoxy) is 1. The maximum absolute atomic E-state index is 11.4. The number of hydrogen-bond donors (Lipinski definition) is 1. The van der Waals surface area contributed by atoms with Crippen LogP contribution in [0.3, 0.4) is 0 Å². The van der Waals surface area contributed by atoms with Gasteiger partial charge in [-0.2, -0.15) is 0 Å². The summed E-state index contributed by atoms with van der Waals surface area (Å²) in [6, 6.07) is 7.11. The monoisotopic (exact) mass is 460 g/mol. The third-order valence-corrected chi connectivity index (χ3v) is 8.00. The van der Waals surface area contributed by atoms with Gasteiger partial charge >= 0.3 is 0 Å². The van der Waals surface area contributed by atoms with Gasteiger partial charge in [-0.3, -0.25) is 9.69 Å². The summed E-state index contributed by atoms with van der Waals surface area (Å²) in [6.45, 7) is 5.56. The molecular formula is C22H29BrN4O2. The molecule has 0 spiro atoms. The first-order valence-corrected chi connectivity index (χ1v) is 11.4. The van der Waals surface area contributed by atoms with Gasteiger partial charge in [0.05, 0.1) is 4.60 Å². The number of nitrogens with zero attached hydrogens (tertiary/aromatic N) is 3. The molecule has 1 aliphatic carbocycles. The minimum Gasteiger partial charge on any atom is -0.448 e. The van der Waals surface area contributed by atoms with Gasteiger partial charge in [-0.1, -0.05) is 12.1 Å². The number of aromatic nitrogens is 1. The molecule has 0 amide bonds. The molecule has 5 rings (SSSR count). The van der Waals surface area contributed by atoms with Gasteiger partial charge in [0.2, 0.25) is 0 Å². The number of benzene rings is 1. The zero-order valence-corrected chi connectivity index (χ0v) is 18.7. The van der Waals surface area contributed by atoms with Gasteiger partial charge in [-0.15, -0.1) is 0 Å². The van der Waals surface area contributed by atoms with E-state index in [1.807, 2.05) is 0 Å². The van der Waals surface area contributed by atoms with Crippen molar-refractivity contribution >= 4 is 33.3 Å². The number of carbonyl (C=O) groups is 1. The minimum absolute atomic E-state index is 0.136. The normalized spacial score (nSPS) is 29.6. The van der Waals surface area contributed by atoms with Gasteiger partial charge in [0.15, 0.2) is 6.23 Å². The van der Waals surface area contributed by atoms with Crippen molar-refractivity contribution in [3.63, 3.8) is 0 Å². The highest BCUT2D eigenvalue weighted by Crippen LogP contribution is 2.47. The third-order valence-electron chi connectivity index (χ3n) is 7.33. The molecule has 29 heavy (non-hydrogen) atoms. The van der Waals surface area contributed by atoms with Crippen molar-refractivity contribution in [2.45, 2.75) is 31.0 Å². The molecule has 1 N–H and O–H groups in total. The molecule has 2 aromatic rings. The van der Waals surface area contributed by atoms with E-state index in [-0.39, 0.29) is 6.23 Å². The van der Waals surface area contributed by atoms with E-state index in [1.165, 1.54) is 22.0 Å². The molecule has 0 saturated carbocycles. The van der Waals surface area contributed by atoms with Crippen molar-refractivity contribution in [2.24, 2.45) is 5.92 Å². The Labute approximate surface area is 180 Å². The average Bonchev–Trinajstić information content (AvgIpc) is 3.04. The van der Waals surface area contributed by atoms with E-state index in [9.17, 15) is 4.79 Å². The van der Waals surface area contributed by atoms with Crippen LogP contribution in [0.4, 0.5) is 0 Å². The summed E-state index contributed by atoms with van der Waals surface area (Å²) < 4.78 is 6.84. The summed E-state index contributed by atoms with van der Waals surface area (Å²) in [5.74, 6) is 0.775. The lowest BCUT2D eigenvalue weighted by atomic mass is 9.72. The quantitative estimate of drug-likeness (QED) is 0.710. The molecule has 156 valence electrons. The van der Waals surface area contributed by atoms with E-state index in [4.69, 9.17) is 4.74 Å². The lowest BCUT2D eigenvalue weighted by molar-refractivity contribution is -0.156. The molecule has 6 nitrogen and oxygen atoms in total. The number of likely N-dealkylation sites (N-methyl/N-ethyl adjacent to an activating group) is 2. The van der Waals surface area contributed by atoms with E-state index < -0.39 is 0 Å². The summed E-state index contributed by atoms with van der Waals surface area (Å²) in [6.07, 6.45) is 1.98. The number of fused-ring (bicyclic) bond motifs is 2. The maximum atomic E-state index is 11.4. The molecule has 2 aliphatic heterocycles. The third kappa shape index (κ3) is 3.32. The van der Waals surface area contributed by atoms with Crippen LogP contribution in [0.2, 0.25) is 0 Å². The number of piperazine rings is 1. The molecule has 1 aromatic carbocycles. The number of carbonyl (C=O) groups excluding carboxylic acids is 1. The number of likely N-dealkylation sites (tertiary alicyclic amines) is 1. The van der Waals surface area contributed by atoms with Gasteiger partial charge in [0.25, 0.3) is 6.47 Å². The average molecular weight is 461 g/mol. The zero-order valence-electron chi connectivity index (χ0n) is 17.1. The van der Waals surface area contributed by atoms with Crippen molar-refractivity contribution in [3.8, 4) is 0 Å². The molecular weight excluding hydrogens is 432 g/mol. The molecule has 0 radical (unpaired) electrons. The molecule has 3 aliphatic rings. The van der Waals surface area contributed by atoms with Crippen LogP contribution in [0.15, 0.2) is 22.8 Å². The van der Waals surface area contributed by atoms with Crippen molar-refractivity contribution in [1.29, 1.82) is 0 Å². The fraction of sp³-hybridized carbons (Fsp3) is 0.591. The summed E-state index contributed by atoms with van der Waals surface area (Å²) in [5.41, 5.74) is 4.06. The van der Waals surface area contributed by atoms with E-state index in [0.717, 1.165) is 50.2 Å². The van der Waals surface area contributed by atoms with Gasteiger partial charge in [-0.05, 0) is 60.1 Å². The van der Waals surface area contributed by atoms with Gasteiger partial charge < -0.3 is 19.5 Å². The summed E-state index contributed by atoms with van der Waals surface area (Å²) in [4.78, 5) is 22.1. The number of rotatable bonds is 4. The number of aromatic amines is 1. The van der Waals surface area contributed by atoms with Crippen LogP contribution in [-0.2, 0) is 16.0 Å². The van der Waals surface area contributed by atoms with Crippen LogP contribution in [-0.4, -0.2) is 85.2 Å². The fourth-order valence-corrected chi connectivity index (χ4v) is 6.44. The molecule has 2 saturated heterocycles. The predicted octanol–water partition coefficient (Wildman–Crippen LogP) is 2.64. The smallest absolute Gasteiger partial charge is 0.294 e. The Morgan fingerprint density at radius 3 is 2.79 bits per heavy atom. The predicted molar refractivity (Wildman–Crippen MR) is 117 cm³/mol. The Morgan fingerprint density at radius 2 is 2.03 bits per heavy atom. The highest BCUT2D eigenvalue weighted by atomic mass is 79.9. The Hall–Kier alpha value is -1.41. The van der Waals surface area contributed by atoms with Gasteiger partial charge in [0.1, 0.15) is 0 Å². The Bertz CT molecular complexity index is 908. The summed E-state index contributed by atoms with van der Waals surface area (Å²) in [5, 5.41) is 1.39. The van der Waals surface area contributed by atoms with Crippen LogP contribution in [0.1, 0.15) is 23.5 Å². The molecule has 2 fully saturated rings. The molecule has 4 atom stereocenters. The van der Waals surface area contributed by atoms with Crippen LogP contribution in [0.5, 0.6) is 0 Å². The van der Waals surface area contributed by atoms with Crippen LogP contribution < -0.4 is 0 Å². The highest BCUT2D eigenvalue weighted by Gasteiger charge is 2.44. The van der Waals surface area contributed by atoms with Crippen molar-refractivity contribution in [1.82, 2.24) is 19.7 Å². The van der Waals surface area contributed by atoms with Crippen molar-refractivity contribution < 1.29 is 9.53 Å². The Kier molecular flexibility index (Phi) is 5.18. The fourth-order valence-electron chi connectivity index (χ4n) is 5.86. The first-order chi connectivity index (χ1) is 14.1. The topological polar surface area (TPSA) is 51.8 Å². The number of hydrogen-bond acceptors (Lipinski definition) is 5.